The highest BCUT2D eigenvalue weighted by Gasteiger charge is 2.22. The molecule has 2 rings (SSSR count). The highest BCUT2D eigenvalue weighted by Crippen LogP contribution is 2.29. The summed E-state index contributed by atoms with van der Waals surface area (Å²) in [6.07, 6.45) is 1.66. The van der Waals surface area contributed by atoms with Crippen molar-refractivity contribution in [3.05, 3.63) is 48.2 Å². The number of hydrogen-bond donors (Lipinski definition) is 2. The predicted octanol–water partition coefficient (Wildman–Crippen LogP) is 2.60. The Morgan fingerprint density at radius 3 is 2.54 bits per heavy atom. The van der Waals surface area contributed by atoms with E-state index in [2.05, 4.69) is 10.3 Å². The quantitative estimate of drug-likeness (QED) is 0.851. The molecule has 0 spiro atoms. The third-order valence-corrected chi connectivity index (χ3v) is 3.90. The Hall–Kier alpha value is -2.89. The van der Waals surface area contributed by atoms with E-state index in [9.17, 15) is 9.59 Å². The Bertz CT molecular complexity index is 731. The van der Waals surface area contributed by atoms with Crippen LogP contribution in [0.25, 0.3) is 11.3 Å². The molecule has 2 unspecified atom stereocenters. The van der Waals surface area contributed by atoms with Crippen LogP contribution in [-0.2, 0) is 4.79 Å². The highest BCUT2D eigenvalue weighted by molar-refractivity contribution is 5.96. The van der Waals surface area contributed by atoms with Gasteiger partial charge in [-0.05, 0) is 44.2 Å². The third-order valence-electron chi connectivity index (χ3n) is 3.90. The fraction of sp³-hybridized carbons (Fsp3) is 0.278. The number of aromatic nitrogens is 1. The van der Waals surface area contributed by atoms with E-state index in [0.717, 1.165) is 0 Å². The summed E-state index contributed by atoms with van der Waals surface area (Å²) in [5, 5.41) is 11.7. The fourth-order valence-electron chi connectivity index (χ4n) is 2.20. The van der Waals surface area contributed by atoms with Gasteiger partial charge in [-0.2, -0.15) is 0 Å². The van der Waals surface area contributed by atoms with Crippen LogP contribution in [0, 0.1) is 5.92 Å². The van der Waals surface area contributed by atoms with Crippen molar-refractivity contribution in [2.75, 3.05) is 7.11 Å². The van der Waals surface area contributed by atoms with Crippen molar-refractivity contribution in [2.24, 2.45) is 5.92 Å². The van der Waals surface area contributed by atoms with E-state index in [4.69, 9.17) is 9.84 Å². The van der Waals surface area contributed by atoms with E-state index >= 15 is 0 Å². The van der Waals surface area contributed by atoms with Crippen LogP contribution in [-0.4, -0.2) is 35.1 Å². The summed E-state index contributed by atoms with van der Waals surface area (Å²) in [6.45, 7) is 3.22. The van der Waals surface area contributed by atoms with Gasteiger partial charge in [0.25, 0.3) is 5.91 Å². The van der Waals surface area contributed by atoms with Crippen LogP contribution in [0.2, 0.25) is 0 Å². The number of carbonyl (C=O) groups excluding carboxylic acids is 1. The fourth-order valence-corrected chi connectivity index (χ4v) is 2.20. The molecule has 2 aromatic rings. The van der Waals surface area contributed by atoms with E-state index < -0.39 is 17.9 Å². The lowest BCUT2D eigenvalue weighted by Gasteiger charge is -2.18. The first-order chi connectivity index (χ1) is 11.4. The number of benzene rings is 1. The number of carboxylic acid groups (broad SMARTS) is 1. The highest BCUT2D eigenvalue weighted by atomic mass is 16.5. The zero-order chi connectivity index (χ0) is 17.7. The summed E-state index contributed by atoms with van der Waals surface area (Å²) in [5.74, 6) is -1.36. The maximum absolute atomic E-state index is 12.4. The maximum atomic E-state index is 12.4. The van der Waals surface area contributed by atoms with Crippen LogP contribution in [0.5, 0.6) is 5.75 Å². The van der Waals surface area contributed by atoms with E-state index in [1.807, 2.05) is 18.2 Å². The second-order valence-electron chi connectivity index (χ2n) is 5.52. The molecule has 0 fully saturated rings. The number of carboxylic acids is 1. The molecule has 24 heavy (non-hydrogen) atoms. The summed E-state index contributed by atoms with van der Waals surface area (Å²) >= 11 is 0. The normalized spacial score (nSPS) is 13.0. The van der Waals surface area contributed by atoms with Crippen LogP contribution >= 0.6 is 0 Å². The molecule has 0 aliphatic carbocycles. The Kier molecular flexibility index (Phi) is 5.52. The molecule has 2 atom stereocenters. The van der Waals surface area contributed by atoms with Crippen molar-refractivity contribution >= 4 is 11.9 Å². The van der Waals surface area contributed by atoms with Gasteiger partial charge in [-0.1, -0.05) is 6.07 Å². The Labute approximate surface area is 140 Å². The average molecular weight is 328 g/mol. The van der Waals surface area contributed by atoms with Gasteiger partial charge in [0.05, 0.1) is 18.7 Å². The Morgan fingerprint density at radius 2 is 1.96 bits per heavy atom. The zero-order valence-corrected chi connectivity index (χ0v) is 13.8. The molecule has 126 valence electrons. The molecule has 1 amide bonds. The monoisotopic (exact) mass is 328 g/mol. The van der Waals surface area contributed by atoms with Crippen LogP contribution in [0.4, 0.5) is 0 Å². The van der Waals surface area contributed by atoms with Crippen molar-refractivity contribution < 1.29 is 19.4 Å². The minimum absolute atomic E-state index is 0.338. The molecule has 0 bridgehead atoms. The third kappa shape index (κ3) is 3.90. The molecule has 1 aromatic carbocycles. The molecule has 6 nitrogen and oxygen atoms in total. The summed E-state index contributed by atoms with van der Waals surface area (Å²) in [6, 6.07) is 10.0. The van der Waals surface area contributed by atoms with E-state index in [1.165, 1.54) is 0 Å². The summed E-state index contributed by atoms with van der Waals surface area (Å²) in [4.78, 5) is 27.7. The molecule has 6 heteroatoms. The number of carbonyl (C=O) groups is 2. The molecule has 2 N–H and O–H groups in total. The molecule has 1 heterocycles. The van der Waals surface area contributed by atoms with E-state index in [0.29, 0.717) is 22.6 Å². The number of amides is 1. The predicted molar refractivity (Wildman–Crippen MR) is 90.0 cm³/mol. The average Bonchev–Trinajstić information content (AvgIpc) is 2.60. The molecule has 0 aliphatic heterocycles. The van der Waals surface area contributed by atoms with E-state index in [-0.39, 0.29) is 5.91 Å². The maximum Gasteiger partial charge on any atom is 0.308 e. The van der Waals surface area contributed by atoms with Crippen LogP contribution in [0.3, 0.4) is 0 Å². The standard InChI is InChI=1S/C18H20N2O4/c1-11(18(22)23)12(2)20-17(21)13-7-8-16(24-3)14(10-13)15-6-4-5-9-19-15/h4-12H,1-3H3,(H,20,21)(H,22,23). The van der Waals surface area contributed by atoms with Gasteiger partial charge in [0.2, 0.25) is 0 Å². The first-order valence-corrected chi connectivity index (χ1v) is 7.57. The van der Waals surface area contributed by atoms with Gasteiger partial charge in [0, 0.05) is 23.4 Å². The number of pyridine rings is 1. The smallest absolute Gasteiger partial charge is 0.308 e. The second kappa shape index (κ2) is 7.59. The first-order valence-electron chi connectivity index (χ1n) is 7.57. The first kappa shape index (κ1) is 17.5. The van der Waals surface area contributed by atoms with Crippen molar-refractivity contribution in [2.45, 2.75) is 19.9 Å². The number of aliphatic carboxylic acids is 1. The Balaban J connectivity index is 2.28. The minimum Gasteiger partial charge on any atom is -0.496 e. The number of rotatable bonds is 6. The number of nitrogens with zero attached hydrogens (tertiary/aromatic N) is 1. The number of nitrogens with one attached hydrogen (secondary N) is 1. The minimum atomic E-state index is -0.952. The molecule has 0 saturated heterocycles. The topological polar surface area (TPSA) is 88.5 Å². The van der Waals surface area contributed by atoms with Crippen molar-refractivity contribution in [1.29, 1.82) is 0 Å². The second-order valence-corrected chi connectivity index (χ2v) is 5.52. The largest absolute Gasteiger partial charge is 0.496 e. The number of ether oxygens (including phenoxy) is 1. The van der Waals surface area contributed by atoms with Gasteiger partial charge >= 0.3 is 5.97 Å². The van der Waals surface area contributed by atoms with Crippen LogP contribution in [0.15, 0.2) is 42.6 Å². The molecular formula is C18H20N2O4. The molecule has 1 aromatic heterocycles. The molecular weight excluding hydrogens is 308 g/mol. The van der Waals surface area contributed by atoms with Crippen LogP contribution in [0.1, 0.15) is 24.2 Å². The van der Waals surface area contributed by atoms with Gasteiger partial charge in [0.1, 0.15) is 5.75 Å². The number of methoxy groups -OCH3 is 1. The van der Waals surface area contributed by atoms with Crippen LogP contribution < -0.4 is 10.1 Å². The molecule has 0 radical (unpaired) electrons. The summed E-state index contributed by atoms with van der Waals surface area (Å²) < 4.78 is 5.34. The van der Waals surface area contributed by atoms with E-state index in [1.54, 1.807) is 45.4 Å². The number of hydrogen-bond acceptors (Lipinski definition) is 4. The van der Waals surface area contributed by atoms with Crippen molar-refractivity contribution in [1.82, 2.24) is 10.3 Å². The van der Waals surface area contributed by atoms with Gasteiger partial charge in [-0.25, -0.2) is 0 Å². The summed E-state index contributed by atoms with van der Waals surface area (Å²) in [7, 11) is 1.55. The zero-order valence-electron chi connectivity index (χ0n) is 13.8. The Morgan fingerprint density at radius 1 is 1.21 bits per heavy atom. The molecule has 0 saturated carbocycles. The SMILES string of the molecule is COc1ccc(C(=O)NC(C)C(C)C(=O)O)cc1-c1ccccn1. The van der Waals surface area contributed by atoms with Gasteiger partial charge in [-0.3, -0.25) is 14.6 Å². The van der Waals surface area contributed by atoms with Gasteiger partial charge in [0.15, 0.2) is 0 Å². The lowest BCUT2D eigenvalue weighted by molar-refractivity contribution is -0.141. The van der Waals surface area contributed by atoms with Crippen molar-refractivity contribution in [3.63, 3.8) is 0 Å². The lowest BCUT2D eigenvalue weighted by Crippen LogP contribution is -2.40. The van der Waals surface area contributed by atoms with Crippen molar-refractivity contribution in [3.8, 4) is 17.0 Å². The van der Waals surface area contributed by atoms with Gasteiger partial charge in [-0.15, -0.1) is 0 Å². The summed E-state index contributed by atoms with van der Waals surface area (Å²) in [5.41, 5.74) is 1.81. The lowest BCUT2D eigenvalue weighted by atomic mass is 10.0. The molecule has 0 aliphatic rings. The van der Waals surface area contributed by atoms with Gasteiger partial charge < -0.3 is 15.2 Å².